The maximum Gasteiger partial charge on any atom is 0.320 e. The minimum atomic E-state index is -0.834. The molecule has 4 nitrogen and oxygen atoms in total. The number of likely N-dealkylation sites (tertiary alicyclic amines) is 1. The molecule has 122 valence electrons. The smallest absolute Gasteiger partial charge is 0.320 e. The molecule has 1 aromatic carbocycles. The Morgan fingerprint density at radius 1 is 1.48 bits per heavy atom. The lowest BCUT2D eigenvalue weighted by Crippen LogP contribution is -2.39. The quantitative estimate of drug-likeness (QED) is 0.908. The summed E-state index contributed by atoms with van der Waals surface area (Å²) in [4.78, 5) is 14.5. The molecule has 2 heterocycles. The van der Waals surface area contributed by atoms with Crippen molar-refractivity contribution in [2.45, 2.75) is 24.9 Å². The van der Waals surface area contributed by atoms with E-state index in [0.717, 1.165) is 11.3 Å². The van der Waals surface area contributed by atoms with Crippen molar-refractivity contribution in [1.29, 1.82) is 0 Å². The van der Waals surface area contributed by atoms with E-state index in [0.29, 0.717) is 24.3 Å². The number of carboxylic acids is 1. The third kappa shape index (κ3) is 3.09. The van der Waals surface area contributed by atoms with Gasteiger partial charge in [-0.1, -0.05) is 6.07 Å². The summed E-state index contributed by atoms with van der Waals surface area (Å²) < 4.78 is 19.2. The second kappa shape index (κ2) is 6.68. The molecule has 0 spiro atoms. The molecule has 3 rings (SSSR count). The number of hydrogen-bond acceptors (Lipinski definition) is 4. The van der Waals surface area contributed by atoms with Crippen LogP contribution in [0.4, 0.5) is 4.39 Å². The summed E-state index contributed by atoms with van der Waals surface area (Å²) >= 11 is 1.54. The molecule has 0 amide bonds. The number of halogens is 1. The van der Waals surface area contributed by atoms with Crippen LogP contribution in [0, 0.1) is 5.82 Å². The van der Waals surface area contributed by atoms with Crippen LogP contribution in [0.25, 0.3) is 0 Å². The van der Waals surface area contributed by atoms with Gasteiger partial charge in [-0.3, -0.25) is 9.69 Å². The van der Waals surface area contributed by atoms with Crippen LogP contribution in [0.5, 0.6) is 5.75 Å². The first kappa shape index (κ1) is 16.0. The van der Waals surface area contributed by atoms with Crippen LogP contribution >= 0.6 is 11.3 Å². The number of ether oxygens (including phenoxy) is 1. The zero-order chi connectivity index (χ0) is 16.4. The molecule has 0 saturated carbocycles. The fourth-order valence-corrected chi connectivity index (χ4v) is 4.09. The van der Waals surface area contributed by atoms with Gasteiger partial charge < -0.3 is 9.84 Å². The molecule has 2 atom stereocenters. The first-order chi connectivity index (χ1) is 11.1. The van der Waals surface area contributed by atoms with E-state index in [1.165, 1.54) is 23.5 Å². The van der Waals surface area contributed by atoms with E-state index < -0.39 is 12.0 Å². The first-order valence-electron chi connectivity index (χ1n) is 7.47. The highest BCUT2D eigenvalue weighted by molar-refractivity contribution is 7.10. The molecule has 0 radical (unpaired) electrons. The SMILES string of the molecule is COc1ccc(F)cc1C(c1cccs1)N1CCCC1C(=O)O. The Labute approximate surface area is 138 Å². The van der Waals surface area contributed by atoms with Gasteiger partial charge >= 0.3 is 5.97 Å². The number of benzene rings is 1. The number of carbonyl (C=O) groups is 1. The van der Waals surface area contributed by atoms with Gasteiger partial charge in [0, 0.05) is 17.0 Å². The molecule has 0 aliphatic carbocycles. The van der Waals surface area contributed by atoms with Gasteiger partial charge in [-0.25, -0.2) is 4.39 Å². The number of methoxy groups -OCH3 is 1. The molecule has 1 N–H and O–H groups in total. The maximum absolute atomic E-state index is 13.8. The van der Waals surface area contributed by atoms with Gasteiger partial charge in [0.1, 0.15) is 17.6 Å². The third-order valence-corrected chi connectivity index (χ3v) is 5.13. The fraction of sp³-hybridized carbons (Fsp3) is 0.353. The van der Waals surface area contributed by atoms with Crippen molar-refractivity contribution in [1.82, 2.24) is 4.90 Å². The Balaban J connectivity index is 2.10. The number of carboxylic acid groups (broad SMARTS) is 1. The van der Waals surface area contributed by atoms with E-state index in [4.69, 9.17) is 4.74 Å². The van der Waals surface area contributed by atoms with E-state index >= 15 is 0 Å². The van der Waals surface area contributed by atoms with Crippen LogP contribution < -0.4 is 4.74 Å². The van der Waals surface area contributed by atoms with E-state index in [1.54, 1.807) is 13.2 Å². The molecule has 1 aliphatic heterocycles. The van der Waals surface area contributed by atoms with Crippen LogP contribution in [-0.4, -0.2) is 35.7 Å². The lowest BCUT2D eigenvalue weighted by Gasteiger charge is -2.31. The van der Waals surface area contributed by atoms with Gasteiger partial charge in [-0.15, -0.1) is 11.3 Å². The van der Waals surface area contributed by atoms with Crippen molar-refractivity contribution in [3.8, 4) is 5.75 Å². The highest BCUT2D eigenvalue weighted by atomic mass is 32.1. The number of nitrogens with zero attached hydrogens (tertiary/aromatic N) is 1. The maximum atomic E-state index is 13.8. The standard InChI is InChI=1S/C17H18FNO3S/c1-22-14-7-6-11(18)10-12(14)16(15-5-3-9-23-15)19-8-2-4-13(19)17(20)21/h3,5-7,9-10,13,16H,2,4,8H2,1H3,(H,20,21). The Kier molecular flexibility index (Phi) is 4.63. The van der Waals surface area contributed by atoms with Crippen LogP contribution in [0.2, 0.25) is 0 Å². The van der Waals surface area contributed by atoms with Crippen molar-refractivity contribution in [3.05, 3.63) is 52.0 Å². The summed E-state index contributed by atoms with van der Waals surface area (Å²) in [6.45, 7) is 0.666. The molecule has 23 heavy (non-hydrogen) atoms. The second-order valence-electron chi connectivity index (χ2n) is 5.54. The van der Waals surface area contributed by atoms with Gasteiger partial charge in [0.2, 0.25) is 0 Å². The number of hydrogen-bond donors (Lipinski definition) is 1. The number of rotatable bonds is 5. The molecule has 1 saturated heterocycles. The van der Waals surface area contributed by atoms with Gasteiger partial charge in [0.05, 0.1) is 13.2 Å². The zero-order valence-corrected chi connectivity index (χ0v) is 13.6. The summed E-state index contributed by atoms with van der Waals surface area (Å²) in [6.07, 6.45) is 1.42. The molecule has 0 bridgehead atoms. The van der Waals surface area contributed by atoms with Gasteiger partial charge in [-0.2, -0.15) is 0 Å². The molecule has 1 aromatic heterocycles. The molecular weight excluding hydrogens is 317 g/mol. The lowest BCUT2D eigenvalue weighted by molar-refractivity contribution is -0.142. The predicted octanol–water partition coefficient (Wildman–Crippen LogP) is 3.53. The van der Waals surface area contributed by atoms with Gasteiger partial charge in [0.25, 0.3) is 0 Å². The Morgan fingerprint density at radius 3 is 2.96 bits per heavy atom. The average molecular weight is 335 g/mol. The largest absolute Gasteiger partial charge is 0.496 e. The van der Waals surface area contributed by atoms with E-state index in [1.807, 2.05) is 22.4 Å². The Bertz CT molecular complexity index is 689. The molecule has 2 aromatic rings. The van der Waals surface area contributed by atoms with Crippen LogP contribution in [-0.2, 0) is 4.79 Å². The minimum absolute atomic E-state index is 0.316. The monoisotopic (exact) mass is 335 g/mol. The first-order valence-corrected chi connectivity index (χ1v) is 8.35. The van der Waals surface area contributed by atoms with E-state index in [9.17, 15) is 14.3 Å². The Hall–Kier alpha value is -1.92. The predicted molar refractivity (Wildman–Crippen MR) is 86.5 cm³/mol. The summed E-state index contributed by atoms with van der Waals surface area (Å²) in [5.74, 6) is -0.617. The Morgan fingerprint density at radius 2 is 2.30 bits per heavy atom. The normalized spacial score (nSPS) is 19.7. The summed E-state index contributed by atoms with van der Waals surface area (Å²) in [7, 11) is 1.54. The zero-order valence-electron chi connectivity index (χ0n) is 12.7. The lowest BCUT2D eigenvalue weighted by atomic mass is 10.0. The summed E-state index contributed by atoms with van der Waals surface area (Å²) in [5.41, 5.74) is 0.670. The van der Waals surface area contributed by atoms with Crippen molar-refractivity contribution in [3.63, 3.8) is 0 Å². The molecular formula is C17H18FNO3S. The van der Waals surface area contributed by atoms with Crippen molar-refractivity contribution in [2.24, 2.45) is 0 Å². The van der Waals surface area contributed by atoms with E-state index in [-0.39, 0.29) is 11.9 Å². The van der Waals surface area contributed by atoms with Crippen LogP contribution in [0.1, 0.15) is 29.3 Å². The number of thiophene rings is 1. The highest BCUT2D eigenvalue weighted by Gasteiger charge is 2.38. The van der Waals surface area contributed by atoms with Crippen molar-refractivity contribution >= 4 is 17.3 Å². The molecule has 1 aliphatic rings. The fourth-order valence-electron chi connectivity index (χ4n) is 3.22. The van der Waals surface area contributed by atoms with Crippen LogP contribution in [0.15, 0.2) is 35.7 Å². The second-order valence-corrected chi connectivity index (χ2v) is 6.52. The molecule has 6 heteroatoms. The average Bonchev–Trinajstić information content (AvgIpc) is 3.20. The number of aliphatic carboxylic acids is 1. The van der Waals surface area contributed by atoms with Crippen LogP contribution in [0.3, 0.4) is 0 Å². The molecule has 1 fully saturated rings. The van der Waals surface area contributed by atoms with Crippen molar-refractivity contribution < 1.29 is 19.0 Å². The summed E-state index contributed by atoms with van der Waals surface area (Å²) in [6, 6.07) is 7.39. The highest BCUT2D eigenvalue weighted by Crippen LogP contribution is 2.40. The minimum Gasteiger partial charge on any atom is -0.496 e. The van der Waals surface area contributed by atoms with E-state index in [2.05, 4.69) is 0 Å². The van der Waals surface area contributed by atoms with Crippen molar-refractivity contribution in [2.75, 3.05) is 13.7 Å². The summed E-state index contributed by atoms with van der Waals surface area (Å²) in [5, 5.41) is 11.5. The molecule has 2 unspecified atom stereocenters. The topological polar surface area (TPSA) is 49.8 Å². The third-order valence-electron chi connectivity index (χ3n) is 4.21. The van der Waals surface area contributed by atoms with Gasteiger partial charge in [-0.05, 0) is 42.5 Å². The van der Waals surface area contributed by atoms with Gasteiger partial charge in [0.15, 0.2) is 0 Å².